The van der Waals surface area contributed by atoms with Gasteiger partial charge in [0.1, 0.15) is 5.82 Å². The van der Waals surface area contributed by atoms with Gasteiger partial charge in [-0.25, -0.2) is 4.98 Å². The van der Waals surface area contributed by atoms with Gasteiger partial charge in [0.05, 0.1) is 18.8 Å². The Morgan fingerprint density at radius 2 is 2.21 bits per heavy atom. The molecule has 0 atom stereocenters. The number of carbonyl (C=O) groups is 1. The van der Waals surface area contributed by atoms with Crippen LogP contribution in [0.15, 0.2) is 0 Å². The van der Waals surface area contributed by atoms with Crippen LogP contribution in [0.4, 0.5) is 0 Å². The average molecular weight is 197 g/mol. The highest BCUT2D eigenvalue weighted by Gasteiger charge is 2.07. The van der Waals surface area contributed by atoms with Crippen LogP contribution in [0.3, 0.4) is 0 Å². The van der Waals surface area contributed by atoms with Gasteiger partial charge < -0.3 is 9.67 Å². The number of hydrogen-bond donors (Lipinski definition) is 2. The van der Waals surface area contributed by atoms with Crippen LogP contribution in [0.5, 0.6) is 0 Å². The van der Waals surface area contributed by atoms with Gasteiger partial charge in [-0.1, -0.05) is 0 Å². The van der Waals surface area contributed by atoms with Crippen LogP contribution >= 0.6 is 0 Å². The minimum Gasteiger partial charge on any atom is -0.480 e. The molecule has 5 nitrogen and oxygen atoms in total. The van der Waals surface area contributed by atoms with Crippen molar-refractivity contribution in [2.45, 2.75) is 20.4 Å². The molecule has 78 valence electrons. The molecule has 0 spiro atoms. The molecule has 0 saturated heterocycles. The summed E-state index contributed by atoms with van der Waals surface area (Å²) in [5, 5.41) is 11.2. The molecule has 0 saturated carbocycles. The van der Waals surface area contributed by atoms with E-state index in [0.717, 1.165) is 17.2 Å². The molecule has 0 fully saturated rings. The van der Waals surface area contributed by atoms with Crippen molar-refractivity contribution in [2.24, 2.45) is 7.05 Å². The topological polar surface area (TPSA) is 67.2 Å². The fourth-order valence-corrected chi connectivity index (χ4v) is 1.23. The standard InChI is InChI=1S/C9H15N3O2/c1-6-7(2)12(3)8(11-6)4-10-5-9(13)14/h10H,4-5H2,1-3H3,(H,13,14). The minimum atomic E-state index is -0.854. The normalized spacial score (nSPS) is 10.5. The van der Waals surface area contributed by atoms with Crippen molar-refractivity contribution >= 4 is 5.97 Å². The maximum atomic E-state index is 10.3. The Morgan fingerprint density at radius 1 is 1.57 bits per heavy atom. The van der Waals surface area contributed by atoms with Crippen molar-refractivity contribution in [2.75, 3.05) is 6.54 Å². The summed E-state index contributed by atoms with van der Waals surface area (Å²) in [7, 11) is 1.92. The van der Waals surface area contributed by atoms with E-state index in [1.54, 1.807) is 0 Å². The molecule has 0 bridgehead atoms. The fourth-order valence-electron chi connectivity index (χ4n) is 1.23. The number of nitrogens with zero attached hydrogens (tertiary/aromatic N) is 2. The van der Waals surface area contributed by atoms with Crippen LogP contribution in [-0.4, -0.2) is 27.2 Å². The Hall–Kier alpha value is -1.36. The van der Waals surface area contributed by atoms with E-state index in [2.05, 4.69) is 10.3 Å². The average Bonchev–Trinajstić information content (AvgIpc) is 2.33. The van der Waals surface area contributed by atoms with Crippen LogP contribution < -0.4 is 5.32 Å². The number of imidazole rings is 1. The molecule has 0 aliphatic carbocycles. The predicted octanol–water partition coefficient (Wildman–Crippen LogP) is 0.211. The smallest absolute Gasteiger partial charge is 0.317 e. The summed E-state index contributed by atoms with van der Waals surface area (Å²) >= 11 is 0. The summed E-state index contributed by atoms with van der Waals surface area (Å²) in [6.07, 6.45) is 0. The van der Waals surface area contributed by atoms with Crippen molar-refractivity contribution in [1.82, 2.24) is 14.9 Å². The highest BCUT2D eigenvalue weighted by atomic mass is 16.4. The van der Waals surface area contributed by atoms with E-state index >= 15 is 0 Å². The second kappa shape index (κ2) is 4.23. The first-order chi connectivity index (χ1) is 6.52. The Labute approximate surface area is 82.8 Å². The number of aromatic nitrogens is 2. The Balaban J connectivity index is 2.59. The van der Waals surface area contributed by atoms with Gasteiger partial charge in [-0.05, 0) is 13.8 Å². The van der Waals surface area contributed by atoms with E-state index in [9.17, 15) is 4.79 Å². The summed E-state index contributed by atoms with van der Waals surface area (Å²) in [5.41, 5.74) is 2.09. The summed E-state index contributed by atoms with van der Waals surface area (Å²) in [6, 6.07) is 0. The van der Waals surface area contributed by atoms with Gasteiger partial charge in [-0.3, -0.25) is 10.1 Å². The molecular formula is C9H15N3O2. The third kappa shape index (κ3) is 2.32. The van der Waals surface area contributed by atoms with Crippen molar-refractivity contribution in [3.8, 4) is 0 Å². The molecule has 0 unspecified atom stereocenters. The maximum Gasteiger partial charge on any atom is 0.317 e. The largest absolute Gasteiger partial charge is 0.480 e. The van der Waals surface area contributed by atoms with Crippen LogP contribution in [0.25, 0.3) is 0 Å². The lowest BCUT2D eigenvalue weighted by atomic mass is 10.4. The van der Waals surface area contributed by atoms with E-state index in [1.807, 2.05) is 25.5 Å². The van der Waals surface area contributed by atoms with Gasteiger partial charge in [0.25, 0.3) is 0 Å². The first kappa shape index (κ1) is 10.7. The monoisotopic (exact) mass is 197 g/mol. The fraction of sp³-hybridized carbons (Fsp3) is 0.556. The number of hydrogen-bond acceptors (Lipinski definition) is 3. The van der Waals surface area contributed by atoms with Gasteiger partial charge >= 0.3 is 5.97 Å². The van der Waals surface area contributed by atoms with Gasteiger partial charge in [-0.15, -0.1) is 0 Å². The van der Waals surface area contributed by atoms with E-state index < -0.39 is 5.97 Å². The SMILES string of the molecule is Cc1nc(CNCC(=O)O)n(C)c1C. The molecule has 1 heterocycles. The predicted molar refractivity (Wildman–Crippen MR) is 52.0 cm³/mol. The third-order valence-electron chi connectivity index (χ3n) is 2.27. The minimum absolute atomic E-state index is 0.0368. The Kier molecular flexibility index (Phi) is 3.24. The molecule has 0 aromatic carbocycles. The molecule has 0 aliphatic rings. The number of carboxylic acid groups (broad SMARTS) is 1. The quantitative estimate of drug-likeness (QED) is 0.724. The molecule has 1 aromatic heterocycles. The second-order valence-corrected chi connectivity index (χ2v) is 3.26. The molecule has 2 N–H and O–H groups in total. The lowest BCUT2D eigenvalue weighted by Crippen LogP contribution is -2.23. The number of aliphatic carboxylic acids is 1. The van der Waals surface area contributed by atoms with Crippen LogP contribution in [0, 0.1) is 13.8 Å². The maximum absolute atomic E-state index is 10.3. The van der Waals surface area contributed by atoms with Crippen molar-refractivity contribution in [3.05, 3.63) is 17.2 Å². The molecule has 0 aliphatic heterocycles. The number of carboxylic acids is 1. The number of aryl methyl sites for hydroxylation is 1. The van der Waals surface area contributed by atoms with E-state index in [0.29, 0.717) is 6.54 Å². The molecule has 0 radical (unpaired) electrons. The van der Waals surface area contributed by atoms with Crippen LogP contribution in [-0.2, 0) is 18.4 Å². The summed E-state index contributed by atoms with van der Waals surface area (Å²) in [6.45, 7) is 4.38. The lowest BCUT2D eigenvalue weighted by Gasteiger charge is -2.03. The molecule has 1 aromatic rings. The van der Waals surface area contributed by atoms with E-state index in [4.69, 9.17) is 5.11 Å². The molecule has 0 amide bonds. The second-order valence-electron chi connectivity index (χ2n) is 3.26. The first-order valence-corrected chi connectivity index (χ1v) is 4.43. The molecule has 5 heteroatoms. The van der Waals surface area contributed by atoms with Crippen molar-refractivity contribution < 1.29 is 9.90 Å². The summed E-state index contributed by atoms with van der Waals surface area (Å²) in [4.78, 5) is 14.6. The zero-order valence-electron chi connectivity index (χ0n) is 8.66. The molecule has 14 heavy (non-hydrogen) atoms. The van der Waals surface area contributed by atoms with E-state index in [1.165, 1.54) is 0 Å². The zero-order valence-corrected chi connectivity index (χ0v) is 8.66. The Bertz CT molecular complexity index is 344. The van der Waals surface area contributed by atoms with Gasteiger partial charge in [-0.2, -0.15) is 0 Å². The third-order valence-corrected chi connectivity index (χ3v) is 2.27. The Morgan fingerprint density at radius 3 is 2.64 bits per heavy atom. The highest BCUT2D eigenvalue weighted by molar-refractivity contribution is 5.68. The molecule has 1 rings (SSSR count). The first-order valence-electron chi connectivity index (χ1n) is 4.43. The van der Waals surface area contributed by atoms with Gasteiger partial charge in [0.15, 0.2) is 0 Å². The zero-order chi connectivity index (χ0) is 10.7. The van der Waals surface area contributed by atoms with Crippen LogP contribution in [0.2, 0.25) is 0 Å². The summed E-state index contributed by atoms with van der Waals surface area (Å²) < 4.78 is 1.96. The highest BCUT2D eigenvalue weighted by Crippen LogP contribution is 2.06. The van der Waals surface area contributed by atoms with Crippen molar-refractivity contribution in [3.63, 3.8) is 0 Å². The number of rotatable bonds is 4. The number of nitrogens with one attached hydrogen (secondary N) is 1. The van der Waals surface area contributed by atoms with Crippen LogP contribution in [0.1, 0.15) is 17.2 Å². The van der Waals surface area contributed by atoms with Crippen molar-refractivity contribution in [1.29, 1.82) is 0 Å². The molecular weight excluding hydrogens is 182 g/mol. The van der Waals surface area contributed by atoms with Gasteiger partial charge in [0.2, 0.25) is 0 Å². The summed E-state index contributed by atoms with van der Waals surface area (Å²) in [5.74, 6) is 0.00824. The lowest BCUT2D eigenvalue weighted by molar-refractivity contribution is -0.136. The van der Waals surface area contributed by atoms with Gasteiger partial charge in [0, 0.05) is 12.7 Å². The van der Waals surface area contributed by atoms with E-state index in [-0.39, 0.29) is 6.54 Å².